The maximum absolute atomic E-state index is 8.94. The van der Waals surface area contributed by atoms with Crippen LogP contribution in [0.15, 0.2) is 115 Å². The quantitative estimate of drug-likeness (QED) is 0.384. The van der Waals surface area contributed by atoms with E-state index >= 15 is 0 Å². The van der Waals surface area contributed by atoms with Gasteiger partial charge < -0.3 is 0 Å². The summed E-state index contributed by atoms with van der Waals surface area (Å²) in [6, 6.07) is 31.3. The first-order valence-electron chi connectivity index (χ1n) is 8.26. The van der Waals surface area contributed by atoms with Gasteiger partial charge in [0.15, 0.2) is 8.07 Å². The van der Waals surface area contributed by atoms with Crippen molar-refractivity contribution in [1.29, 1.82) is 0 Å². The van der Waals surface area contributed by atoms with Crippen LogP contribution in [0.1, 0.15) is 1.37 Å². The Hall–Kier alpha value is -2.64. The summed E-state index contributed by atoms with van der Waals surface area (Å²) in [6.07, 6.45) is 3.57. The molecule has 0 bridgehead atoms. The third-order valence-corrected chi connectivity index (χ3v) is 8.24. The van der Waals surface area contributed by atoms with Gasteiger partial charge in [-0.2, -0.15) is 0 Å². The minimum absolute atomic E-state index is 0.640. The molecule has 0 unspecified atom stereocenters. The highest BCUT2D eigenvalue weighted by molar-refractivity contribution is 7.14. The van der Waals surface area contributed by atoms with Crippen molar-refractivity contribution in [3.05, 3.63) is 115 Å². The Kier molecular flexibility index (Phi) is 4.30. The van der Waals surface area contributed by atoms with E-state index in [1.54, 1.807) is 6.08 Å². The molecule has 23 heavy (non-hydrogen) atoms. The lowest BCUT2D eigenvalue weighted by Crippen LogP contribution is -2.66. The molecule has 0 fully saturated rings. The monoisotopic (exact) mass is 313 g/mol. The normalized spacial score (nSPS) is 12.5. The Balaban J connectivity index is 2.42. The zero-order valence-corrected chi connectivity index (χ0v) is 14.0. The fourth-order valence-electron chi connectivity index (χ4n) is 3.00. The number of hydrogen-bond donors (Lipinski definition) is 0. The summed E-state index contributed by atoms with van der Waals surface area (Å²) < 4.78 is 8.94. The number of benzene rings is 3. The molecule has 3 aromatic rings. The lowest BCUT2D eigenvalue weighted by molar-refractivity contribution is 1.68. The molecule has 0 spiro atoms. The van der Waals surface area contributed by atoms with Crippen molar-refractivity contribution >= 4 is 23.6 Å². The molecule has 0 heterocycles. The zero-order valence-electron chi connectivity index (χ0n) is 14.0. The SMILES string of the molecule is [2H]/C(=C\C=C)[Si](c1ccccc1)(c1ccccc1)c1ccccc1. The second-order valence-corrected chi connectivity index (χ2v) is 8.92. The molecule has 0 aliphatic rings. The fraction of sp³-hybridized carbons (Fsp3) is 0. The van der Waals surface area contributed by atoms with Gasteiger partial charge in [0.05, 0.1) is 1.37 Å². The van der Waals surface area contributed by atoms with Crippen molar-refractivity contribution in [3.63, 3.8) is 0 Å². The second kappa shape index (κ2) is 7.08. The first-order valence-corrected chi connectivity index (χ1v) is 9.76. The van der Waals surface area contributed by atoms with Crippen LogP contribution in [0.5, 0.6) is 0 Å². The van der Waals surface area contributed by atoms with Crippen LogP contribution in [0.2, 0.25) is 0 Å². The van der Waals surface area contributed by atoms with Crippen molar-refractivity contribution in [1.82, 2.24) is 0 Å². The molecule has 0 radical (unpaired) electrons. The molecule has 112 valence electrons. The average Bonchev–Trinajstić information content (AvgIpc) is 2.65. The van der Waals surface area contributed by atoms with Gasteiger partial charge in [-0.1, -0.05) is 115 Å². The van der Waals surface area contributed by atoms with Crippen molar-refractivity contribution in [2.45, 2.75) is 0 Å². The number of rotatable bonds is 5. The summed E-state index contributed by atoms with van der Waals surface area (Å²) in [5.41, 5.74) is 0.640. The van der Waals surface area contributed by atoms with Gasteiger partial charge >= 0.3 is 0 Å². The lowest BCUT2D eigenvalue weighted by Gasteiger charge is -2.30. The van der Waals surface area contributed by atoms with E-state index in [1.807, 2.05) is 24.3 Å². The van der Waals surface area contributed by atoms with Crippen LogP contribution in [0.4, 0.5) is 0 Å². The van der Waals surface area contributed by atoms with E-state index in [0.717, 1.165) is 0 Å². The van der Waals surface area contributed by atoms with Crippen LogP contribution in [-0.2, 0) is 0 Å². The molecule has 0 amide bonds. The van der Waals surface area contributed by atoms with Crippen molar-refractivity contribution in [3.8, 4) is 0 Å². The molecule has 0 N–H and O–H groups in total. The summed E-state index contributed by atoms with van der Waals surface area (Å²) in [5, 5.41) is 3.64. The summed E-state index contributed by atoms with van der Waals surface area (Å²) in [7, 11) is -2.59. The maximum Gasteiger partial charge on any atom is 0.172 e. The molecule has 0 saturated carbocycles. The Labute approximate surface area is 140 Å². The minimum Gasteiger partial charge on any atom is -0.0991 e. The molecule has 0 nitrogen and oxygen atoms in total. The third-order valence-electron chi connectivity index (χ3n) is 4.04. The summed E-state index contributed by atoms with van der Waals surface area (Å²) in [6.45, 7) is 3.82. The second-order valence-electron chi connectivity index (χ2n) is 5.39. The highest BCUT2D eigenvalue weighted by Gasteiger charge is 2.36. The summed E-state index contributed by atoms with van der Waals surface area (Å²) >= 11 is 0. The first kappa shape index (κ1) is 14.0. The average molecular weight is 313 g/mol. The molecule has 3 rings (SSSR count). The molecule has 0 aliphatic carbocycles. The molecule has 0 aromatic heterocycles. The standard InChI is InChI=1S/C22H20Si/c1-2-3-19-23(20-13-7-4-8-14-20,21-15-9-5-10-16-21)22-17-11-6-12-18-22/h2-19H,1H2/b19-3+/i19D. The molecular formula is C22H20Si. The molecule has 0 saturated heterocycles. The lowest BCUT2D eigenvalue weighted by atomic mass is 10.3. The minimum atomic E-state index is -2.59. The fourth-order valence-corrected chi connectivity index (χ4v) is 6.94. The molecule has 0 atom stereocenters. The van der Waals surface area contributed by atoms with E-state index in [0.29, 0.717) is 5.68 Å². The Morgan fingerprint density at radius 3 is 1.30 bits per heavy atom. The van der Waals surface area contributed by atoms with E-state index in [1.165, 1.54) is 15.6 Å². The van der Waals surface area contributed by atoms with Gasteiger partial charge in [0.25, 0.3) is 0 Å². The van der Waals surface area contributed by atoms with Crippen LogP contribution in [0.25, 0.3) is 0 Å². The van der Waals surface area contributed by atoms with Gasteiger partial charge in [0.1, 0.15) is 0 Å². The molecule has 0 aliphatic heterocycles. The molecular weight excluding hydrogens is 292 g/mol. The van der Waals surface area contributed by atoms with Gasteiger partial charge in [0.2, 0.25) is 0 Å². The van der Waals surface area contributed by atoms with E-state index < -0.39 is 8.07 Å². The van der Waals surface area contributed by atoms with Crippen LogP contribution in [-0.4, -0.2) is 8.07 Å². The van der Waals surface area contributed by atoms with E-state index in [9.17, 15) is 0 Å². The van der Waals surface area contributed by atoms with E-state index in [4.69, 9.17) is 1.37 Å². The Bertz CT molecular complexity index is 727. The van der Waals surface area contributed by atoms with Gasteiger partial charge in [-0.25, -0.2) is 0 Å². The summed E-state index contributed by atoms with van der Waals surface area (Å²) in [5.74, 6) is 0. The van der Waals surface area contributed by atoms with Gasteiger partial charge in [-0.05, 0) is 15.6 Å². The zero-order chi connectivity index (χ0) is 16.8. The number of hydrogen-bond acceptors (Lipinski definition) is 0. The Morgan fingerprint density at radius 2 is 1.00 bits per heavy atom. The largest absolute Gasteiger partial charge is 0.172 e. The maximum atomic E-state index is 8.94. The van der Waals surface area contributed by atoms with E-state index in [-0.39, 0.29) is 0 Å². The molecule has 3 aromatic carbocycles. The number of allylic oxidation sites excluding steroid dienone is 2. The smallest absolute Gasteiger partial charge is 0.0991 e. The molecule has 1 heteroatoms. The van der Waals surface area contributed by atoms with E-state index in [2.05, 4.69) is 79.4 Å². The third kappa shape index (κ3) is 2.96. The van der Waals surface area contributed by atoms with Crippen molar-refractivity contribution < 1.29 is 1.37 Å². The van der Waals surface area contributed by atoms with Gasteiger partial charge in [-0.3, -0.25) is 0 Å². The Morgan fingerprint density at radius 1 is 0.652 bits per heavy atom. The van der Waals surface area contributed by atoms with Gasteiger partial charge in [-0.15, -0.1) is 0 Å². The van der Waals surface area contributed by atoms with Crippen LogP contribution in [0.3, 0.4) is 0 Å². The first-order chi connectivity index (χ1) is 11.8. The topological polar surface area (TPSA) is 0 Å². The summed E-state index contributed by atoms with van der Waals surface area (Å²) in [4.78, 5) is 0. The van der Waals surface area contributed by atoms with Crippen LogP contribution >= 0.6 is 0 Å². The predicted octanol–water partition coefficient (Wildman–Crippen LogP) is 3.44. The predicted molar refractivity (Wildman–Crippen MR) is 103 cm³/mol. The van der Waals surface area contributed by atoms with Crippen LogP contribution in [0, 0.1) is 0 Å². The highest BCUT2D eigenvalue weighted by atomic mass is 28.3. The van der Waals surface area contributed by atoms with Crippen molar-refractivity contribution in [2.75, 3.05) is 0 Å². The van der Waals surface area contributed by atoms with Gasteiger partial charge in [0, 0.05) is 0 Å². The van der Waals surface area contributed by atoms with Crippen LogP contribution < -0.4 is 15.6 Å². The van der Waals surface area contributed by atoms with Crippen molar-refractivity contribution in [2.24, 2.45) is 0 Å². The highest BCUT2D eigenvalue weighted by Crippen LogP contribution is 2.09.